The number of nitrogens with zero attached hydrogens (tertiary/aromatic N) is 2. The lowest BCUT2D eigenvalue weighted by Gasteiger charge is -2.32. The van der Waals surface area contributed by atoms with E-state index in [4.69, 9.17) is 24.8 Å². The molecule has 0 unspecified atom stereocenters. The second-order valence-corrected chi connectivity index (χ2v) is 4.06. The van der Waals surface area contributed by atoms with Crippen molar-refractivity contribution in [3.05, 3.63) is 11.7 Å². The Kier molecular flexibility index (Phi) is 3.72. The lowest BCUT2D eigenvalue weighted by atomic mass is 9.93. The van der Waals surface area contributed by atoms with Crippen LogP contribution in [-0.4, -0.2) is 42.2 Å². The molecule has 0 spiro atoms. The van der Waals surface area contributed by atoms with Gasteiger partial charge in [-0.25, -0.2) is 0 Å². The number of nitrogens with two attached hydrogens (primary N) is 1. The number of aromatic nitrogens is 2. The van der Waals surface area contributed by atoms with Gasteiger partial charge in [0, 0.05) is 33.2 Å². The van der Waals surface area contributed by atoms with E-state index in [0.29, 0.717) is 31.9 Å². The van der Waals surface area contributed by atoms with E-state index in [1.807, 2.05) is 0 Å². The number of aliphatic hydroxyl groups is 1. The predicted octanol–water partition coefficient (Wildman–Crippen LogP) is -0.286. The molecule has 3 N–H and O–H groups in total. The van der Waals surface area contributed by atoms with Gasteiger partial charge in [0.25, 0.3) is 0 Å². The van der Waals surface area contributed by atoms with E-state index in [9.17, 15) is 0 Å². The van der Waals surface area contributed by atoms with Crippen LogP contribution in [0.1, 0.15) is 30.6 Å². The normalized spacial score (nSPS) is 21.4. The molecule has 1 aromatic heterocycles. The van der Waals surface area contributed by atoms with E-state index < -0.39 is 11.6 Å². The van der Waals surface area contributed by atoms with Crippen molar-refractivity contribution < 1.29 is 19.1 Å². The quantitative estimate of drug-likeness (QED) is 0.749. The summed E-state index contributed by atoms with van der Waals surface area (Å²) in [6.07, 6.45) is 1.35. The molecule has 0 radical (unpaired) electrons. The zero-order valence-corrected chi connectivity index (χ0v) is 9.76. The van der Waals surface area contributed by atoms with E-state index >= 15 is 0 Å². The van der Waals surface area contributed by atoms with E-state index in [0.717, 1.165) is 0 Å². The molecule has 1 fully saturated rings. The molecule has 1 saturated heterocycles. The fraction of sp³-hybridized carbons (Fsp3) is 0.800. The fourth-order valence-electron chi connectivity index (χ4n) is 1.87. The Labute approximate surface area is 98.9 Å². The fourth-order valence-corrected chi connectivity index (χ4v) is 1.87. The highest BCUT2D eigenvalue weighted by Gasteiger charge is 2.39. The van der Waals surface area contributed by atoms with Crippen LogP contribution >= 0.6 is 0 Å². The third kappa shape index (κ3) is 2.32. The first-order chi connectivity index (χ1) is 8.22. The van der Waals surface area contributed by atoms with Crippen molar-refractivity contribution in [2.75, 3.05) is 26.9 Å². The van der Waals surface area contributed by atoms with Gasteiger partial charge in [-0.2, -0.15) is 4.98 Å². The Hall–Kier alpha value is -1.02. The summed E-state index contributed by atoms with van der Waals surface area (Å²) in [4.78, 5) is 4.20. The van der Waals surface area contributed by atoms with E-state index in [2.05, 4.69) is 10.1 Å². The molecule has 2 rings (SSSR count). The smallest absolute Gasteiger partial charge is 0.246 e. The Bertz CT molecular complexity index is 362. The van der Waals surface area contributed by atoms with Crippen molar-refractivity contribution in [2.24, 2.45) is 5.73 Å². The van der Waals surface area contributed by atoms with Gasteiger partial charge < -0.3 is 24.8 Å². The molecule has 7 nitrogen and oxygen atoms in total. The molecule has 7 heteroatoms. The van der Waals surface area contributed by atoms with Crippen molar-refractivity contribution in [3.8, 4) is 0 Å². The van der Waals surface area contributed by atoms with Crippen molar-refractivity contribution in [1.29, 1.82) is 0 Å². The van der Waals surface area contributed by atoms with Crippen LogP contribution in [0, 0.1) is 0 Å². The number of methoxy groups -OCH3 is 1. The molecule has 0 aromatic carbocycles. The van der Waals surface area contributed by atoms with Gasteiger partial charge in [-0.05, 0) is 0 Å². The first kappa shape index (κ1) is 12.4. The van der Waals surface area contributed by atoms with Crippen LogP contribution in [0.5, 0.6) is 0 Å². The molecule has 1 aromatic rings. The number of aliphatic hydroxyl groups excluding tert-OH is 1. The first-order valence-corrected chi connectivity index (χ1v) is 5.55. The summed E-state index contributed by atoms with van der Waals surface area (Å²) in [6.45, 7) is 0.970. The van der Waals surface area contributed by atoms with Gasteiger partial charge in [0.1, 0.15) is 11.6 Å². The maximum Gasteiger partial charge on any atom is 0.246 e. The van der Waals surface area contributed by atoms with E-state index in [1.165, 1.54) is 0 Å². The summed E-state index contributed by atoms with van der Waals surface area (Å²) in [7, 11) is 1.62. The highest BCUT2D eigenvalue weighted by molar-refractivity contribution is 5.04. The second-order valence-electron chi connectivity index (χ2n) is 4.06. The van der Waals surface area contributed by atoms with Crippen LogP contribution in [0.4, 0.5) is 0 Å². The second kappa shape index (κ2) is 5.09. The van der Waals surface area contributed by atoms with Crippen molar-refractivity contribution in [3.63, 3.8) is 0 Å². The highest BCUT2D eigenvalue weighted by atomic mass is 16.5. The van der Waals surface area contributed by atoms with Gasteiger partial charge in [0.05, 0.1) is 6.61 Å². The number of hydrogen-bond donors (Lipinski definition) is 2. The van der Waals surface area contributed by atoms with E-state index in [1.54, 1.807) is 7.11 Å². The van der Waals surface area contributed by atoms with Gasteiger partial charge in [-0.15, -0.1) is 0 Å². The highest BCUT2D eigenvalue weighted by Crippen LogP contribution is 2.33. The monoisotopic (exact) mass is 243 g/mol. The largest absolute Gasteiger partial charge is 0.394 e. The molecule has 17 heavy (non-hydrogen) atoms. The third-order valence-electron chi connectivity index (χ3n) is 3.05. The van der Waals surface area contributed by atoms with Crippen LogP contribution in [0.2, 0.25) is 0 Å². The van der Waals surface area contributed by atoms with Crippen LogP contribution in [0.25, 0.3) is 0 Å². The third-order valence-corrected chi connectivity index (χ3v) is 3.05. The van der Waals surface area contributed by atoms with Crippen molar-refractivity contribution in [2.45, 2.75) is 24.5 Å². The first-order valence-electron chi connectivity index (χ1n) is 5.55. The molecule has 1 aliphatic rings. The molecule has 1 atom stereocenters. The van der Waals surface area contributed by atoms with Crippen molar-refractivity contribution in [1.82, 2.24) is 10.1 Å². The summed E-state index contributed by atoms with van der Waals surface area (Å²) in [5.41, 5.74) is 5.05. The summed E-state index contributed by atoms with van der Waals surface area (Å²) in [5, 5.41) is 12.8. The number of rotatable bonds is 4. The van der Waals surface area contributed by atoms with Crippen LogP contribution < -0.4 is 5.73 Å². The molecule has 96 valence electrons. The Balaban J connectivity index is 2.22. The molecule has 1 aliphatic heterocycles. The zero-order chi connectivity index (χ0) is 12.3. The predicted molar refractivity (Wildman–Crippen MR) is 57.1 cm³/mol. The molecular weight excluding hydrogens is 226 g/mol. The van der Waals surface area contributed by atoms with Crippen LogP contribution in [-0.2, 0) is 15.1 Å². The molecule has 0 amide bonds. The van der Waals surface area contributed by atoms with Crippen LogP contribution in [0.3, 0.4) is 0 Å². The lowest BCUT2D eigenvalue weighted by molar-refractivity contribution is -0.101. The Morgan fingerprint density at radius 2 is 2.24 bits per heavy atom. The maximum absolute atomic E-state index is 8.93. The SMILES string of the molecule is COC1(c2noc([C@@H](N)CO)n2)CCOCC1. The summed E-state index contributed by atoms with van der Waals surface area (Å²) in [5.74, 6) is 0.701. The number of hydrogen-bond acceptors (Lipinski definition) is 7. The van der Waals surface area contributed by atoms with Crippen molar-refractivity contribution >= 4 is 0 Å². The lowest BCUT2D eigenvalue weighted by Crippen LogP contribution is -2.36. The molecule has 0 saturated carbocycles. The summed E-state index contributed by atoms with van der Waals surface area (Å²) in [6, 6.07) is -0.648. The van der Waals surface area contributed by atoms with Crippen LogP contribution in [0.15, 0.2) is 4.52 Å². The average Bonchev–Trinajstić information content (AvgIpc) is 2.88. The van der Waals surface area contributed by atoms with Gasteiger partial charge in [0.15, 0.2) is 0 Å². The molecular formula is C10H17N3O4. The Morgan fingerprint density at radius 3 is 2.82 bits per heavy atom. The van der Waals surface area contributed by atoms with E-state index in [-0.39, 0.29) is 12.5 Å². The molecule has 2 heterocycles. The zero-order valence-electron chi connectivity index (χ0n) is 9.76. The minimum absolute atomic E-state index is 0.227. The molecule has 0 bridgehead atoms. The van der Waals surface area contributed by atoms with Gasteiger partial charge >= 0.3 is 0 Å². The summed E-state index contributed by atoms with van der Waals surface area (Å²) < 4.78 is 15.8. The van der Waals surface area contributed by atoms with Gasteiger partial charge in [0.2, 0.25) is 11.7 Å². The minimum Gasteiger partial charge on any atom is -0.394 e. The van der Waals surface area contributed by atoms with Gasteiger partial charge in [-0.3, -0.25) is 0 Å². The molecule has 0 aliphatic carbocycles. The van der Waals surface area contributed by atoms with Gasteiger partial charge in [-0.1, -0.05) is 5.16 Å². The average molecular weight is 243 g/mol. The number of ether oxygens (including phenoxy) is 2. The maximum atomic E-state index is 8.93. The minimum atomic E-state index is -0.648. The summed E-state index contributed by atoms with van der Waals surface area (Å²) >= 11 is 0. The Morgan fingerprint density at radius 1 is 1.53 bits per heavy atom. The topological polar surface area (TPSA) is 104 Å². The standard InChI is InChI=1S/C10H17N3O4/c1-15-10(2-4-16-5-3-10)9-12-8(17-13-9)7(11)6-14/h7,14H,2-6,11H2,1H3/t7-/m0/s1.